The lowest BCUT2D eigenvalue weighted by Gasteiger charge is -2.13. The van der Waals surface area contributed by atoms with E-state index in [0.717, 1.165) is 34.9 Å². The van der Waals surface area contributed by atoms with Crippen molar-refractivity contribution in [2.24, 2.45) is 0 Å². The molecule has 1 unspecified atom stereocenters. The SMILES string of the molecule is COc1ccc2cc(C(C)C(=O)NC3CC3)ccc2c1. The van der Waals surface area contributed by atoms with E-state index in [1.807, 2.05) is 37.3 Å². The lowest BCUT2D eigenvalue weighted by atomic mass is 9.97. The highest BCUT2D eigenvalue weighted by Crippen LogP contribution is 2.26. The third-order valence-corrected chi connectivity index (χ3v) is 3.89. The highest BCUT2D eigenvalue weighted by Gasteiger charge is 2.26. The molecule has 0 bridgehead atoms. The Hall–Kier alpha value is -2.03. The van der Waals surface area contributed by atoms with Crippen LogP contribution in [0.2, 0.25) is 0 Å². The van der Waals surface area contributed by atoms with Gasteiger partial charge in [-0.3, -0.25) is 4.79 Å². The molecule has 0 aromatic heterocycles. The van der Waals surface area contributed by atoms with E-state index in [1.54, 1.807) is 7.11 Å². The molecule has 104 valence electrons. The van der Waals surface area contributed by atoms with E-state index in [2.05, 4.69) is 11.4 Å². The molecule has 1 aliphatic rings. The zero-order valence-corrected chi connectivity index (χ0v) is 11.8. The Morgan fingerprint density at radius 1 is 1.20 bits per heavy atom. The van der Waals surface area contributed by atoms with E-state index >= 15 is 0 Å². The first-order valence-electron chi connectivity index (χ1n) is 7.05. The number of methoxy groups -OCH3 is 1. The summed E-state index contributed by atoms with van der Waals surface area (Å²) in [4.78, 5) is 12.1. The van der Waals surface area contributed by atoms with Gasteiger partial charge in [0.25, 0.3) is 0 Å². The number of rotatable bonds is 4. The number of amides is 1. The van der Waals surface area contributed by atoms with Crippen molar-refractivity contribution in [1.29, 1.82) is 0 Å². The van der Waals surface area contributed by atoms with Gasteiger partial charge in [0, 0.05) is 6.04 Å². The molecule has 1 fully saturated rings. The molecule has 1 aliphatic carbocycles. The highest BCUT2D eigenvalue weighted by atomic mass is 16.5. The second-order valence-corrected chi connectivity index (χ2v) is 5.48. The fraction of sp³-hybridized carbons (Fsp3) is 0.353. The predicted octanol–water partition coefficient (Wildman–Crippen LogP) is 3.23. The molecule has 1 N–H and O–H groups in total. The average molecular weight is 269 g/mol. The molecule has 0 heterocycles. The Morgan fingerprint density at radius 2 is 1.90 bits per heavy atom. The van der Waals surface area contributed by atoms with Crippen molar-refractivity contribution < 1.29 is 9.53 Å². The van der Waals surface area contributed by atoms with Crippen molar-refractivity contribution in [3.8, 4) is 5.75 Å². The van der Waals surface area contributed by atoms with Crippen LogP contribution >= 0.6 is 0 Å². The van der Waals surface area contributed by atoms with Gasteiger partial charge in [0.05, 0.1) is 13.0 Å². The standard InChI is InChI=1S/C17H19NO2/c1-11(17(19)18-15-6-7-15)12-3-4-14-10-16(20-2)8-5-13(14)9-12/h3-5,8-11,15H,6-7H2,1-2H3,(H,18,19). The number of fused-ring (bicyclic) bond motifs is 1. The molecule has 0 saturated heterocycles. The van der Waals surface area contributed by atoms with Crippen LogP contribution in [0.5, 0.6) is 5.75 Å². The van der Waals surface area contributed by atoms with Crippen LogP contribution in [0.1, 0.15) is 31.2 Å². The van der Waals surface area contributed by atoms with Crippen LogP contribution in [0.25, 0.3) is 10.8 Å². The monoisotopic (exact) mass is 269 g/mol. The minimum atomic E-state index is -0.109. The normalized spacial score (nSPS) is 15.9. The molecule has 1 saturated carbocycles. The van der Waals surface area contributed by atoms with E-state index < -0.39 is 0 Å². The summed E-state index contributed by atoms with van der Waals surface area (Å²) in [6, 6.07) is 12.6. The number of nitrogens with one attached hydrogen (secondary N) is 1. The van der Waals surface area contributed by atoms with Crippen LogP contribution in [-0.2, 0) is 4.79 Å². The maximum atomic E-state index is 12.1. The van der Waals surface area contributed by atoms with Crippen LogP contribution in [0.3, 0.4) is 0 Å². The topological polar surface area (TPSA) is 38.3 Å². The van der Waals surface area contributed by atoms with Gasteiger partial charge in [-0.2, -0.15) is 0 Å². The summed E-state index contributed by atoms with van der Waals surface area (Å²) in [7, 11) is 1.67. The van der Waals surface area contributed by atoms with Crippen molar-refractivity contribution in [2.45, 2.75) is 31.7 Å². The molecule has 0 spiro atoms. The lowest BCUT2D eigenvalue weighted by molar-refractivity contribution is -0.122. The van der Waals surface area contributed by atoms with Crippen LogP contribution < -0.4 is 10.1 Å². The van der Waals surface area contributed by atoms with E-state index in [-0.39, 0.29) is 11.8 Å². The van der Waals surface area contributed by atoms with E-state index in [4.69, 9.17) is 4.74 Å². The van der Waals surface area contributed by atoms with Gasteiger partial charge >= 0.3 is 0 Å². The van der Waals surface area contributed by atoms with Crippen LogP contribution in [0, 0.1) is 0 Å². The second kappa shape index (κ2) is 5.16. The Labute approximate surface area is 118 Å². The van der Waals surface area contributed by atoms with Crippen molar-refractivity contribution in [3.63, 3.8) is 0 Å². The molecule has 0 radical (unpaired) electrons. The number of hydrogen-bond donors (Lipinski definition) is 1. The lowest BCUT2D eigenvalue weighted by Crippen LogP contribution is -2.29. The molecular weight excluding hydrogens is 250 g/mol. The van der Waals surface area contributed by atoms with Crippen molar-refractivity contribution in [2.75, 3.05) is 7.11 Å². The van der Waals surface area contributed by atoms with Gasteiger partial charge in [0.15, 0.2) is 0 Å². The molecule has 3 nitrogen and oxygen atoms in total. The molecular formula is C17H19NO2. The Balaban J connectivity index is 1.85. The van der Waals surface area contributed by atoms with Crippen LogP contribution in [-0.4, -0.2) is 19.1 Å². The number of carbonyl (C=O) groups excluding carboxylic acids is 1. The molecule has 0 aliphatic heterocycles. The first-order chi connectivity index (χ1) is 9.67. The quantitative estimate of drug-likeness (QED) is 0.925. The first kappa shape index (κ1) is 13.0. The summed E-state index contributed by atoms with van der Waals surface area (Å²) in [5.74, 6) is 0.868. The van der Waals surface area contributed by atoms with Gasteiger partial charge in [-0.15, -0.1) is 0 Å². The fourth-order valence-corrected chi connectivity index (χ4v) is 2.34. The van der Waals surface area contributed by atoms with Crippen molar-refractivity contribution >= 4 is 16.7 Å². The maximum absolute atomic E-state index is 12.1. The second-order valence-electron chi connectivity index (χ2n) is 5.48. The third-order valence-electron chi connectivity index (χ3n) is 3.89. The van der Waals surface area contributed by atoms with Gasteiger partial charge in [-0.25, -0.2) is 0 Å². The largest absolute Gasteiger partial charge is 0.497 e. The number of carbonyl (C=O) groups is 1. The maximum Gasteiger partial charge on any atom is 0.227 e. The average Bonchev–Trinajstić information content (AvgIpc) is 3.29. The van der Waals surface area contributed by atoms with Gasteiger partial charge in [-0.05, 0) is 48.2 Å². The summed E-state index contributed by atoms with van der Waals surface area (Å²) >= 11 is 0. The summed E-state index contributed by atoms with van der Waals surface area (Å²) in [5, 5.41) is 5.32. The molecule has 3 heteroatoms. The summed E-state index contributed by atoms with van der Waals surface area (Å²) in [6.07, 6.45) is 2.24. The van der Waals surface area contributed by atoms with Crippen LogP contribution in [0.4, 0.5) is 0 Å². The molecule has 1 amide bonds. The van der Waals surface area contributed by atoms with Gasteiger partial charge in [0.2, 0.25) is 5.91 Å². The molecule has 2 aromatic carbocycles. The minimum Gasteiger partial charge on any atom is -0.497 e. The number of benzene rings is 2. The van der Waals surface area contributed by atoms with E-state index in [0.29, 0.717) is 6.04 Å². The van der Waals surface area contributed by atoms with Gasteiger partial charge in [-0.1, -0.05) is 24.3 Å². The Bertz CT molecular complexity index is 646. The van der Waals surface area contributed by atoms with Crippen LogP contribution in [0.15, 0.2) is 36.4 Å². The fourth-order valence-electron chi connectivity index (χ4n) is 2.34. The summed E-state index contributed by atoms with van der Waals surface area (Å²) in [6.45, 7) is 1.96. The Kier molecular flexibility index (Phi) is 3.35. The number of hydrogen-bond acceptors (Lipinski definition) is 2. The zero-order valence-electron chi connectivity index (χ0n) is 11.8. The van der Waals surface area contributed by atoms with Crippen molar-refractivity contribution in [1.82, 2.24) is 5.32 Å². The summed E-state index contributed by atoms with van der Waals surface area (Å²) < 4.78 is 5.22. The minimum absolute atomic E-state index is 0.109. The predicted molar refractivity (Wildman–Crippen MR) is 80.1 cm³/mol. The molecule has 1 atom stereocenters. The highest BCUT2D eigenvalue weighted by molar-refractivity contribution is 5.88. The smallest absolute Gasteiger partial charge is 0.227 e. The number of ether oxygens (including phenoxy) is 1. The van der Waals surface area contributed by atoms with Gasteiger partial charge < -0.3 is 10.1 Å². The van der Waals surface area contributed by atoms with Gasteiger partial charge in [0.1, 0.15) is 5.75 Å². The van der Waals surface area contributed by atoms with Crippen molar-refractivity contribution in [3.05, 3.63) is 42.0 Å². The molecule has 3 rings (SSSR count). The van der Waals surface area contributed by atoms with E-state index in [9.17, 15) is 4.79 Å². The molecule has 20 heavy (non-hydrogen) atoms. The summed E-state index contributed by atoms with van der Waals surface area (Å²) in [5.41, 5.74) is 1.06. The first-order valence-corrected chi connectivity index (χ1v) is 7.05. The molecule has 2 aromatic rings. The third kappa shape index (κ3) is 2.62. The zero-order chi connectivity index (χ0) is 14.1. The Morgan fingerprint density at radius 3 is 2.60 bits per heavy atom. The van der Waals surface area contributed by atoms with E-state index in [1.165, 1.54) is 0 Å².